The molecule has 2 aromatic carbocycles. The molecule has 0 saturated heterocycles. The molecule has 1 aromatic heterocycles. The monoisotopic (exact) mass is 588 g/mol. The number of nitrogens with zero attached hydrogens (tertiary/aromatic N) is 1. The minimum atomic E-state index is -1.02. The van der Waals surface area contributed by atoms with Crippen LogP contribution in [-0.2, 0) is 16.6 Å². The number of aromatic nitrogens is 1. The molecule has 6 nitrogen and oxygen atoms in total. The molecule has 3 aliphatic rings. The summed E-state index contributed by atoms with van der Waals surface area (Å²) in [5, 5.41) is 24.9. The van der Waals surface area contributed by atoms with Crippen molar-refractivity contribution in [1.82, 2.24) is 4.98 Å². The van der Waals surface area contributed by atoms with Crippen molar-refractivity contribution in [1.29, 1.82) is 0 Å². The normalized spacial score (nSPS) is 29.0. The Kier molecular flexibility index (Phi) is 7.97. The minimum absolute atomic E-state index is 0.0473. The van der Waals surface area contributed by atoms with Crippen LogP contribution in [0.1, 0.15) is 93.2 Å². The Morgan fingerprint density at radius 3 is 2.67 bits per heavy atom. The van der Waals surface area contributed by atoms with E-state index >= 15 is 0 Å². The Labute approximate surface area is 253 Å². The first-order chi connectivity index (χ1) is 20.2. The average Bonchev–Trinajstić information content (AvgIpc) is 3.27. The van der Waals surface area contributed by atoms with E-state index in [4.69, 9.17) is 16.3 Å². The molecule has 0 bridgehead atoms. The Balaban J connectivity index is 1.19. The van der Waals surface area contributed by atoms with E-state index in [1.54, 1.807) is 18.3 Å². The fraction of sp³-hybridized carbons (Fsp3) is 0.486. The van der Waals surface area contributed by atoms with Crippen molar-refractivity contribution in [3.05, 3.63) is 88.2 Å². The second-order valence-corrected chi connectivity index (χ2v) is 13.4. The van der Waals surface area contributed by atoms with Gasteiger partial charge >= 0.3 is 5.97 Å². The van der Waals surface area contributed by atoms with E-state index in [-0.39, 0.29) is 5.41 Å². The number of hydrogen-bond donors (Lipinski definition) is 3. The summed E-state index contributed by atoms with van der Waals surface area (Å²) >= 11 is 6.21. The first kappa shape index (κ1) is 29.0. The molecular formula is C35H41ClN2O4. The highest BCUT2D eigenvalue weighted by atomic mass is 35.5. The Morgan fingerprint density at radius 2 is 1.90 bits per heavy atom. The van der Waals surface area contributed by atoms with Gasteiger partial charge in [0.15, 0.2) is 0 Å². The Hall–Kier alpha value is -3.09. The number of halogens is 1. The summed E-state index contributed by atoms with van der Waals surface area (Å²) in [5.41, 5.74) is 4.29. The van der Waals surface area contributed by atoms with Gasteiger partial charge in [-0.3, -0.25) is 4.98 Å². The molecule has 3 N–H and O–H groups in total. The molecule has 6 rings (SSSR count). The van der Waals surface area contributed by atoms with Gasteiger partial charge in [-0.25, -0.2) is 4.79 Å². The van der Waals surface area contributed by atoms with E-state index in [0.717, 1.165) is 61.2 Å². The van der Waals surface area contributed by atoms with Gasteiger partial charge in [-0.2, -0.15) is 0 Å². The number of pyridine rings is 1. The number of ether oxygens (including phenoxy) is 1. The molecular weight excluding hydrogens is 548 g/mol. The van der Waals surface area contributed by atoms with Crippen molar-refractivity contribution < 1.29 is 19.7 Å². The lowest BCUT2D eigenvalue weighted by atomic mass is 9.59. The van der Waals surface area contributed by atoms with Crippen LogP contribution in [0.5, 0.6) is 5.75 Å². The summed E-state index contributed by atoms with van der Waals surface area (Å²) in [5.74, 6) is 1.08. The predicted octanol–water partition coefficient (Wildman–Crippen LogP) is 7.69. The van der Waals surface area contributed by atoms with Gasteiger partial charge < -0.3 is 20.3 Å². The van der Waals surface area contributed by atoms with Crippen molar-refractivity contribution in [3.63, 3.8) is 0 Å². The highest BCUT2D eigenvalue weighted by molar-refractivity contribution is 6.30. The first-order valence-electron chi connectivity index (χ1n) is 15.4. The molecule has 1 spiro atoms. The van der Waals surface area contributed by atoms with Crippen LogP contribution in [0.25, 0.3) is 0 Å². The van der Waals surface area contributed by atoms with E-state index < -0.39 is 17.6 Å². The summed E-state index contributed by atoms with van der Waals surface area (Å²) in [6.45, 7) is 5.04. The third-order valence-electron chi connectivity index (χ3n) is 10.3. The zero-order valence-corrected chi connectivity index (χ0v) is 25.2. The molecule has 3 aromatic rings. The number of fused-ring (bicyclic) bond motifs is 3. The van der Waals surface area contributed by atoms with Crippen LogP contribution in [0, 0.1) is 11.8 Å². The Bertz CT molecular complexity index is 1450. The summed E-state index contributed by atoms with van der Waals surface area (Å²) in [6, 6.07) is 18.0. The van der Waals surface area contributed by atoms with Gasteiger partial charge in [-0.1, -0.05) is 55.8 Å². The molecule has 0 unspecified atom stereocenters. The van der Waals surface area contributed by atoms with E-state index in [2.05, 4.69) is 48.4 Å². The lowest BCUT2D eigenvalue weighted by molar-refractivity contribution is -0.144. The van der Waals surface area contributed by atoms with Crippen LogP contribution < -0.4 is 10.1 Å². The number of carbonyl (C=O) groups is 1. The van der Waals surface area contributed by atoms with Crippen molar-refractivity contribution >= 4 is 23.3 Å². The van der Waals surface area contributed by atoms with Gasteiger partial charge in [0.1, 0.15) is 11.3 Å². The number of aliphatic carboxylic acids is 1. The standard InChI is InChI=1S/C35H41ClN2O4/c1-22(21-42-30-12-17-37-32-29(39)11-10-23(2)31(30)32)18-25-19-24-6-3-4-9-28(24)34(25)13-15-35(16-14-34,33(40)41)38-27-8-5-7-26(36)20-27/h3-9,12,17,20,22-23,25,29,38-39H,10-11,13-16,18-19,21H2,1-2H3,(H,40,41)/t22-,23+,25+,29-,34?,35?/m1/s1. The van der Waals surface area contributed by atoms with Crippen LogP contribution in [0.3, 0.4) is 0 Å². The first-order valence-corrected chi connectivity index (χ1v) is 15.7. The van der Waals surface area contributed by atoms with Crippen molar-refractivity contribution in [2.45, 2.75) is 88.2 Å². The molecule has 4 atom stereocenters. The lowest BCUT2D eigenvalue weighted by Gasteiger charge is -2.47. The largest absolute Gasteiger partial charge is 0.493 e. The summed E-state index contributed by atoms with van der Waals surface area (Å²) in [4.78, 5) is 17.2. The molecule has 3 aliphatic carbocycles. The zero-order valence-electron chi connectivity index (χ0n) is 24.5. The molecule has 1 fully saturated rings. The topological polar surface area (TPSA) is 91.7 Å². The number of nitrogens with one attached hydrogen (secondary N) is 1. The van der Waals surface area contributed by atoms with Crippen LogP contribution in [0.2, 0.25) is 5.02 Å². The number of rotatable bonds is 8. The van der Waals surface area contributed by atoms with E-state index in [1.165, 1.54) is 11.1 Å². The second kappa shape index (κ2) is 11.5. The molecule has 0 radical (unpaired) electrons. The number of anilines is 1. The lowest BCUT2D eigenvalue weighted by Crippen LogP contribution is -2.53. The highest BCUT2D eigenvalue weighted by Gasteiger charge is 2.54. The van der Waals surface area contributed by atoms with Gasteiger partial charge in [-0.15, -0.1) is 0 Å². The number of aliphatic hydroxyl groups excluding tert-OH is 1. The van der Waals surface area contributed by atoms with Crippen molar-refractivity contribution in [3.8, 4) is 5.75 Å². The summed E-state index contributed by atoms with van der Waals surface area (Å²) in [7, 11) is 0. The van der Waals surface area contributed by atoms with Crippen LogP contribution >= 0.6 is 11.6 Å². The van der Waals surface area contributed by atoms with Gasteiger partial charge in [0.05, 0.1) is 18.4 Å². The smallest absolute Gasteiger partial charge is 0.329 e. The average molecular weight is 589 g/mol. The van der Waals surface area contributed by atoms with Crippen molar-refractivity contribution in [2.75, 3.05) is 11.9 Å². The van der Waals surface area contributed by atoms with Gasteiger partial charge in [0.2, 0.25) is 0 Å². The third-order valence-corrected chi connectivity index (χ3v) is 10.5. The number of carboxylic acid groups (broad SMARTS) is 1. The molecule has 0 amide bonds. The number of carboxylic acids is 1. The number of benzene rings is 2. The molecule has 1 heterocycles. The maximum atomic E-state index is 12.7. The number of aliphatic hydroxyl groups is 1. The van der Waals surface area contributed by atoms with Crippen LogP contribution in [-0.4, -0.2) is 33.3 Å². The SMILES string of the molecule is C[C@@H](COc1ccnc2c1[C@@H](C)CC[C@H]2O)C[C@H]1Cc2ccccc2C12CCC(Nc1cccc(Cl)c1)(C(=O)O)CC2. The molecule has 222 valence electrons. The fourth-order valence-electron chi connectivity index (χ4n) is 8.04. The predicted molar refractivity (Wildman–Crippen MR) is 165 cm³/mol. The Morgan fingerprint density at radius 1 is 1.12 bits per heavy atom. The quantitative estimate of drug-likeness (QED) is 0.250. The number of hydrogen-bond acceptors (Lipinski definition) is 5. The van der Waals surface area contributed by atoms with E-state index in [0.29, 0.717) is 42.2 Å². The minimum Gasteiger partial charge on any atom is -0.493 e. The van der Waals surface area contributed by atoms with Gasteiger partial charge in [0, 0.05) is 22.5 Å². The molecule has 42 heavy (non-hydrogen) atoms. The van der Waals surface area contributed by atoms with Crippen molar-refractivity contribution in [2.24, 2.45) is 11.8 Å². The maximum absolute atomic E-state index is 12.7. The van der Waals surface area contributed by atoms with Crippen LogP contribution in [0.4, 0.5) is 5.69 Å². The van der Waals surface area contributed by atoms with Crippen LogP contribution in [0.15, 0.2) is 60.8 Å². The zero-order chi connectivity index (χ0) is 29.5. The highest BCUT2D eigenvalue weighted by Crippen LogP contribution is 2.56. The second-order valence-electron chi connectivity index (χ2n) is 13.0. The third kappa shape index (κ3) is 5.28. The van der Waals surface area contributed by atoms with Gasteiger partial charge in [-0.05, 0) is 110 Å². The molecule has 7 heteroatoms. The molecule has 1 saturated carbocycles. The summed E-state index contributed by atoms with van der Waals surface area (Å²) < 4.78 is 6.44. The molecule has 0 aliphatic heterocycles. The van der Waals surface area contributed by atoms with Gasteiger partial charge in [0.25, 0.3) is 0 Å². The fourth-order valence-corrected chi connectivity index (χ4v) is 8.23. The van der Waals surface area contributed by atoms with E-state index in [9.17, 15) is 15.0 Å². The summed E-state index contributed by atoms with van der Waals surface area (Å²) in [6.07, 6.45) is 7.63. The maximum Gasteiger partial charge on any atom is 0.329 e. The van der Waals surface area contributed by atoms with E-state index in [1.807, 2.05) is 18.2 Å².